The van der Waals surface area contributed by atoms with Crippen molar-refractivity contribution in [3.8, 4) is 0 Å². The van der Waals surface area contributed by atoms with Crippen LogP contribution in [0.25, 0.3) is 0 Å². The van der Waals surface area contributed by atoms with Crippen molar-refractivity contribution < 1.29 is 17.6 Å². The number of rotatable bonds is 2. The molecule has 0 spiro atoms. The lowest BCUT2D eigenvalue weighted by Crippen LogP contribution is -2.28. The Bertz CT molecular complexity index is 102. The zero-order valence-corrected chi connectivity index (χ0v) is 4.58. The highest BCUT2D eigenvalue weighted by molar-refractivity contribution is 4.88. The fraction of sp³-hybridized carbons (Fsp3) is 1.00. The summed E-state index contributed by atoms with van der Waals surface area (Å²) in [6, 6.07) is 0. The van der Waals surface area contributed by atoms with Crippen molar-refractivity contribution in [2.45, 2.75) is 25.2 Å². The van der Waals surface area contributed by atoms with Crippen LogP contribution < -0.4 is 0 Å². The van der Waals surface area contributed by atoms with Crippen molar-refractivity contribution in [3.05, 3.63) is 0 Å². The van der Waals surface area contributed by atoms with E-state index in [1.165, 1.54) is 0 Å². The maximum Gasteiger partial charge on any atom is 0.310 e. The summed E-state index contributed by atoms with van der Waals surface area (Å²) in [6.45, 7) is 0. The molecule has 0 radical (unpaired) electrons. The molecule has 1 saturated carbocycles. The van der Waals surface area contributed by atoms with Crippen LogP contribution in [0.15, 0.2) is 0 Å². The molecule has 0 aromatic carbocycles. The van der Waals surface area contributed by atoms with E-state index in [9.17, 15) is 17.6 Å². The number of halogens is 4. The van der Waals surface area contributed by atoms with Crippen molar-refractivity contribution in [3.63, 3.8) is 0 Å². The van der Waals surface area contributed by atoms with E-state index in [1.54, 1.807) is 0 Å². The Kier molecular flexibility index (Phi) is 1.41. The fourth-order valence-corrected chi connectivity index (χ4v) is 0.646. The van der Waals surface area contributed by atoms with Crippen LogP contribution in [0, 0.1) is 5.92 Å². The van der Waals surface area contributed by atoms with Crippen molar-refractivity contribution in [2.24, 2.45) is 5.92 Å². The van der Waals surface area contributed by atoms with Gasteiger partial charge in [0.15, 0.2) is 0 Å². The fourth-order valence-electron chi connectivity index (χ4n) is 0.646. The van der Waals surface area contributed by atoms with E-state index in [1.807, 2.05) is 0 Å². The van der Waals surface area contributed by atoms with Crippen molar-refractivity contribution in [1.29, 1.82) is 0 Å². The largest absolute Gasteiger partial charge is 0.310 e. The quantitative estimate of drug-likeness (QED) is 0.519. The zero-order chi connectivity index (χ0) is 7.07. The van der Waals surface area contributed by atoms with Gasteiger partial charge in [-0.05, 0) is 12.8 Å². The molecule has 1 rings (SSSR count). The number of hydrogen-bond donors (Lipinski definition) is 0. The van der Waals surface area contributed by atoms with Crippen LogP contribution >= 0.6 is 0 Å². The van der Waals surface area contributed by atoms with Gasteiger partial charge in [0.05, 0.1) is 0 Å². The van der Waals surface area contributed by atoms with Crippen LogP contribution in [0.3, 0.4) is 0 Å². The molecule has 0 atom stereocenters. The summed E-state index contributed by atoms with van der Waals surface area (Å²) in [7, 11) is 0. The molecule has 0 N–H and O–H groups in total. The maximum absolute atomic E-state index is 12.0. The maximum atomic E-state index is 12.0. The minimum Gasteiger partial charge on any atom is -0.204 e. The Balaban J connectivity index is 2.48. The summed E-state index contributed by atoms with van der Waals surface area (Å²) in [5, 5.41) is 0. The Labute approximate surface area is 49.9 Å². The molecule has 1 aliphatic rings. The first-order valence-corrected chi connectivity index (χ1v) is 2.71. The molecule has 0 aromatic rings. The lowest BCUT2D eigenvalue weighted by molar-refractivity contribution is -0.142. The second-order valence-corrected chi connectivity index (χ2v) is 2.25. The summed E-state index contributed by atoms with van der Waals surface area (Å²) < 4.78 is 46.7. The molecule has 0 heterocycles. The summed E-state index contributed by atoms with van der Waals surface area (Å²) in [6.07, 6.45) is -2.99. The van der Waals surface area contributed by atoms with E-state index in [0.29, 0.717) is 0 Å². The monoisotopic (exact) mass is 142 g/mol. The molecule has 0 amide bonds. The zero-order valence-electron chi connectivity index (χ0n) is 4.58. The van der Waals surface area contributed by atoms with Gasteiger partial charge in [0.25, 0.3) is 0 Å². The van der Waals surface area contributed by atoms with Crippen molar-refractivity contribution in [1.82, 2.24) is 0 Å². The van der Waals surface area contributed by atoms with Crippen LogP contribution in [0.5, 0.6) is 0 Å². The molecular weight excluding hydrogens is 136 g/mol. The van der Waals surface area contributed by atoms with E-state index >= 15 is 0 Å². The predicted molar refractivity (Wildman–Crippen MR) is 23.7 cm³/mol. The molecule has 1 fully saturated rings. The van der Waals surface area contributed by atoms with Crippen LogP contribution in [0.4, 0.5) is 17.6 Å². The highest BCUT2D eigenvalue weighted by Crippen LogP contribution is 2.46. The molecule has 0 nitrogen and oxygen atoms in total. The highest BCUT2D eigenvalue weighted by atomic mass is 19.3. The molecule has 9 heavy (non-hydrogen) atoms. The third-order valence-corrected chi connectivity index (χ3v) is 1.41. The van der Waals surface area contributed by atoms with E-state index in [2.05, 4.69) is 0 Å². The second kappa shape index (κ2) is 1.85. The van der Waals surface area contributed by atoms with E-state index in [-0.39, 0.29) is 12.8 Å². The summed E-state index contributed by atoms with van der Waals surface area (Å²) in [5.41, 5.74) is 0. The first kappa shape index (κ1) is 6.83. The average molecular weight is 142 g/mol. The van der Waals surface area contributed by atoms with Gasteiger partial charge in [0.1, 0.15) is 0 Å². The van der Waals surface area contributed by atoms with Crippen LogP contribution in [0.2, 0.25) is 0 Å². The second-order valence-electron chi connectivity index (χ2n) is 2.25. The molecular formula is C5H6F4. The highest BCUT2D eigenvalue weighted by Gasteiger charge is 2.53. The van der Waals surface area contributed by atoms with Gasteiger partial charge in [-0.15, -0.1) is 0 Å². The van der Waals surface area contributed by atoms with Gasteiger partial charge < -0.3 is 0 Å². The van der Waals surface area contributed by atoms with Gasteiger partial charge in [-0.3, -0.25) is 0 Å². The van der Waals surface area contributed by atoms with E-state index in [4.69, 9.17) is 0 Å². The van der Waals surface area contributed by atoms with Gasteiger partial charge >= 0.3 is 12.3 Å². The smallest absolute Gasteiger partial charge is 0.204 e. The van der Waals surface area contributed by atoms with Gasteiger partial charge in [-0.25, -0.2) is 8.78 Å². The molecule has 54 valence electrons. The van der Waals surface area contributed by atoms with Crippen LogP contribution in [-0.2, 0) is 0 Å². The summed E-state index contributed by atoms with van der Waals surface area (Å²) in [4.78, 5) is 0. The third-order valence-electron chi connectivity index (χ3n) is 1.41. The van der Waals surface area contributed by atoms with Gasteiger partial charge in [0.2, 0.25) is 0 Å². The number of hydrogen-bond acceptors (Lipinski definition) is 0. The third kappa shape index (κ3) is 1.17. The average Bonchev–Trinajstić information content (AvgIpc) is 2.42. The summed E-state index contributed by atoms with van der Waals surface area (Å²) >= 11 is 0. The standard InChI is InChI=1S/C5H6F4/c6-4(7)5(8,9)3-1-2-3/h3-4H,1-2H2. The van der Waals surface area contributed by atoms with E-state index in [0.717, 1.165) is 0 Å². The molecule has 0 unspecified atom stereocenters. The first-order chi connectivity index (χ1) is 4.05. The van der Waals surface area contributed by atoms with E-state index < -0.39 is 18.3 Å². The topological polar surface area (TPSA) is 0 Å². The predicted octanol–water partition coefficient (Wildman–Crippen LogP) is 2.30. The van der Waals surface area contributed by atoms with Crippen LogP contribution in [-0.4, -0.2) is 12.3 Å². The molecule has 0 aliphatic heterocycles. The Morgan fingerprint density at radius 2 is 1.67 bits per heavy atom. The summed E-state index contributed by atoms with van der Waals surface area (Å²) in [5.74, 6) is -4.77. The number of alkyl halides is 4. The Morgan fingerprint density at radius 1 is 1.22 bits per heavy atom. The minimum atomic E-state index is -3.72. The molecule has 0 saturated heterocycles. The minimum absolute atomic E-state index is 0.247. The lowest BCUT2D eigenvalue weighted by Gasteiger charge is -2.12. The molecule has 1 aliphatic carbocycles. The normalized spacial score (nSPS) is 21.0. The van der Waals surface area contributed by atoms with Crippen molar-refractivity contribution >= 4 is 0 Å². The van der Waals surface area contributed by atoms with Crippen molar-refractivity contribution in [2.75, 3.05) is 0 Å². The van der Waals surface area contributed by atoms with Crippen LogP contribution in [0.1, 0.15) is 12.8 Å². The SMILES string of the molecule is FC(F)C(F)(F)C1CC1. The molecule has 0 bridgehead atoms. The Hall–Kier alpha value is -0.280. The molecule has 4 heteroatoms. The van der Waals surface area contributed by atoms with Gasteiger partial charge in [0, 0.05) is 5.92 Å². The van der Waals surface area contributed by atoms with Gasteiger partial charge in [-0.2, -0.15) is 8.78 Å². The lowest BCUT2D eigenvalue weighted by atomic mass is 10.2. The molecule has 0 aromatic heterocycles. The Morgan fingerprint density at radius 3 is 1.78 bits per heavy atom. The first-order valence-electron chi connectivity index (χ1n) is 2.71. The van der Waals surface area contributed by atoms with Gasteiger partial charge in [-0.1, -0.05) is 0 Å².